The quantitative estimate of drug-likeness (QED) is 0.783. The van der Waals surface area contributed by atoms with Crippen molar-refractivity contribution in [2.24, 2.45) is 5.92 Å². The molecule has 4 heteroatoms. The van der Waals surface area contributed by atoms with Gasteiger partial charge in [0.15, 0.2) is 0 Å². The molecule has 0 aliphatic carbocycles. The van der Waals surface area contributed by atoms with Crippen molar-refractivity contribution in [1.82, 2.24) is 9.97 Å². The maximum absolute atomic E-state index is 5.30. The van der Waals surface area contributed by atoms with Crippen LogP contribution < -0.4 is 5.32 Å². The Balaban J connectivity index is 1.67. The third-order valence-electron chi connectivity index (χ3n) is 2.43. The molecule has 1 aromatic heterocycles. The van der Waals surface area contributed by atoms with Gasteiger partial charge in [0.25, 0.3) is 0 Å². The molecule has 4 nitrogen and oxygen atoms in total. The van der Waals surface area contributed by atoms with E-state index in [9.17, 15) is 0 Å². The van der Waals surface area contributed by atoms with Gasteiger partial charge in [-0.25, -0.2) is 9.97 Å². The van der Waals surface area contributed by atoms with E-state index in [0.717, 1.165) is 26.2 Å². The summed E-state index contributed by atoms with van der Waals surface area (Å²) in [4.78, 5) is 8.18. The lowest BCUT2D eigenvalue weighted by Gasteiger charge is -2.07. The molecule has 0 radical (unpaired) electrons. The highest BCUT2D eigenvalue weighted by molar-refractivity contribution is 5.21. The van der Waals surface area contributed by atoms with Crippen LogP contribution in [0, 0.1) is 5.92 Å². The zero-order chi connectivity index (χ0) is 9.64. The second-order valence-corrected chi connectivity index (χ2v) is 3.52. The number of anilines is 1. The van der Waals surface area contributed by atoms with Gasteiger partial charge in [-0.15, -0.1) is 0 Å². The van der Waals surface area contributed by atoms with Crippen LogP contribution in [0.3, 0.4) is 0 Å². The van der Waals surface area contributed by atoms with Crippen molar-refractivity contribution in [2.45, 2.75) is 12.8 Å². The molecule has 1 aromatic rings. The Morgan fingerprint density at radius 1 is 1.43 bits per heavy atom. The van der Waals surface area contributed by atoms with Crippen LogP contribution in [0.4, 0.5) is 5.95 Å². The number of ether oxygens (including phenoxy) is 1. The Kier molecular flexibility index (Phi) is 3.29. The molecule has 2 heterocycles. The average molecular weight is 193 g/mol. The molecule has 0 amide bonds. The second kappa shape index (κ2) is 4.91. The molecule has 1 fully saturated rings. The molecule has 0 aromatic carbocycles. The van der Waals surface area contributed by atoms with Crippen LogP contribution in [0.2, 0.25) is 0 Å². The summed E-state index contributed by atoms with van der Waals surface area (Å²) in [6, 6.07) is 1.82. The van der Waals surface area contributed by atoms with Crippen LogP contribution >= 0.6 is 0 Å². The molecule has 1 aliphatic rings. The van der Waals surface area contributed by atoms with Gasteiger partial charge in [-0.1, -0.05) is 0 Å². The molecular weight excluding hydrogens is 178 g/mol. The number of hydrogen-bond donors (Lipinski definition) is 1. The molecule has 1 atom stereocenters. The fourth-order valence-corrected chi connectivity index (χ4v) is 1.59. The van der Waals surface area contributed by atoms with Crippen LogP contribution in [0.1, 0.15) is 12.8 Å². The summed E-state index contributed by atoms with van der Waals surface area (Å²) in [5.41, 5.74) is 0. The van der Waals surface area contributed by atoms with Gasteiger partial charge < -0.3 is 10.1 Å². The van der Waals surface area contributed by atoms with Crippen molar-refractivity contribution < 1.29 is 4.74 Å². The van der Waals surface area contributed by atoms with Gasteiger partial charge in [0, 0.05) is 32.2 Å². The third-order valence-corrected chi connectivity index (χ3v) is 2.43. The molecule has 1 aliphatic heterocycles. The van der Waals surface area contributed by atoms with Crippen LogP contribution in [0.5, 0.6) is 0 Å². The Bertz CT molecular complexity index is 259. The van der Waals surface area contributed by atoms with Gasteiger partial charge in [0.05, 0.1) is 0 Å². The van der Waals surface area contributed by atoms with E-state index in [1.165, 1.54) is 6.42 Å². The van der Waals surface area contributed by atoms with Crippen LogP contribution in [-0.2, 0) is 4.74 Å². The number of aromatic nitrogens is 2. The predicted molar refractivity (Wildman–Crippen MR) is 54.1 cm³/mol. The number of rotatable bonds is 4. The molecule has 1 unspecified atom stereocenters. The van der Waals surface area contributed by atoms with E-state index in [-0.39, 0.29) is 0 Å². The summed E-state index contributed by atoms with van der Waals surface area (Å²) in [6.45, 7) is 2.77. The molecule has 76 valence electrons. The fraction of sp³-hybridized carbons (Fsp3) is 0.600. The predicted octanol–water partition coefficient (Wildman–Crippen LogP) is 1.32. The molecule has 14 heavy (non-hydrogen) atoms. The van der Waals surface area contributed by atoms with E-state index in [1.54, 1.807) is 12.4 Å². The first-order valence-corrected chi connectivity index (χ1v) is 5.04. The fourth-order valence-electron chi connectivity index (χ4n) is 1.59. The molecule has 0 saturated carbocycles. The van der Waals surface area contributed by atoms with Gasteiger partial charge >= 0.3 is 0 Å². The molecule has 1 N–H and O–H groups in total. The van der Waals surface area contributed by atoms with E-state index in [2.05, 4.69) is 15.3 Å². The molecular formula is C10H15N3O. The van der Waals surface area contributed by atoms with E-state index in [1.807, 2.05) is 6.07 Å². The molecule has 1 saturated heterocycles. The summed E-state index contributed by atoms with van der Waals surface area (Å²) in [6.07, 6.45) is 5.82. The van der Waals surface area contributed by atoms with E-state index < -0.39 is 0 Å². The van der Waals surface area contributed by atoms with Gasteiger partial charge in [-0.3, -0.25) is 0 Å². The van der Waals surface area contributed by atoms with Gasteiger partial charge in [-0.05, 0) is 24.8 Å². The highest BCUT2D eigenvalue weighted by atomic mass is 16.5. The van der Waals surface area contributed by atoms with Crippen molar-refractivity contribution in [3.63, 3.8) is 0 Å². The van der Waals surface area contributed by atoms with Crippen LogP contribution in [0.25, 0.3) is 0 Å². The van der Waals surface area contributed by atoms with Gasteiger partial charge in [0.1, 0.15) is 0 Å². The topological polar surface area (TPSA) is 47.0 Å². The maximum atomic E-state index is 5.30. The van der Waals surface area contributed by atoms with Crippen LogP contribution in [0.15, 0.2) is 18.5 Å². The van der Waals surface area contributed by atoms with E-state index in [4.69, 9.17) is 4.74 Å². The van der Waals surface area contributed by atoms with Crippen molar-refractivity contribution in [1.29, 1.82) is 0 Å². The normalized spacial score (nSPS) is 21.0. The lowest BCUT2D eigenvalue weighted by Crippen LogP contribution is -2.10. The molecule has 2 rings (SSSR count). The Morgan fingerprint density at radius 2 is 2.29 bits per heavy atom. The van der Waals surface area contributed by atoms with Crippen molar-refractivity contribution >= 4 is 5.95 Å². The summed E-state index contributed by atoms with van der Waals surface area (Å²) in [7, 11) is 0. The average Bonchev–Trinajstić information content (AvgIpc) is 2.72. The first kappa shape index (κ1) is 9.40. The first-order valence-electron chi connectivity index (χ1n) is 5.04. The number of nitrogens with zero attached hydrogens (tertiary/aromatic N) is 2. The molecule has 0 bridgehead atoms. The van der Waals surface area contributed by atoms with Crippen molar-refractivity contribution in [2.75, 3.05) is 25.1 Å². The summed E-state index contributed by atoms with van der Waals surface area (Å²) < 4.78 is 5.30. The van der Waals surface area contributed by atoms with E-state index >= 15 is 0 Å². The highest BCUT2D eigenvalue weighted by Crippen LogP contribution is 2.15. The second-order valence-electron chi connectivity index (χ2n) is 3.52. The summed E-state index contributed by atoms with van der Waals surface area (Å²) in [5.74, 6) is 1.43. The monoisotopic (exact) mass is 193 g/mol. The Morgan fingerprint density at radius 3 is 3.00 bits per heavy atom. The number of hydrogen-bond acceptors (Lipinski definition) is 4. The van der Waals surface area contributed by atoms with Crippen molar-refractivity contribution in [3.05, 3.63) is 18.5 Å². The minimum atomic E-state index is 0.714. The first-order chi connectivity index (χ1) is 6.95. The maximum Gasteiger partial charge on any atom is 0.222 e. The zero-order valence-electron chi connectivity index (χ0n) is 8.15. The smallest absolute Gasteiger partial charge is 0.222 e. The Hall–Kier alpha value is -1.16. The van der Waals surface area contributed by atoms with Gasteiger partial charge in [-0.2, -0.15) is 0 Å². The lowest BCUT2D eigenvalue weighted by atomic mass is 10.1. The third kappa shape index (κ3) is 2.67. The molecule has 0 spiro atoms. The standard InChI is InChI=1S/C10H15N3O/c1-4-11-10(12-5-1)13-6-2-9-3-7-14-8-9/h1,4-5,9H,2-3,6-8H2,(H,11,12,13). The van der Waals surface area contributed by atoms with Crippen molar-refractivity contribution in [3.8, 4) is 0 Å². The largest absolute Gasteiger partial charge is 0.381 e. The highest BCUT2D eigenvalue weighted by Gasteiger charge is 2.14. The van der Waals surface area contributed by atoms with Crippen LogP contribution in [-0.4, -0.2) is 29.7 Å². The van der Waals surface area contributed by atoms with Gasteiger partial charge in [0.2, 0.25) is 5.95 Å². The Labute approximate surface area is 83.7 Å². The minimum absolute atomic E-state index is 0.714. The summed E-state index contributed by atoms with van der Waals surface area (Å²) >= 11 is 0. The van der Waals surface area contributed by atoms with E-state index in [0.29, 0.717) is 11.9 Å². The SMILES string of the molecule is c1cnc(NCCC2CCOC2)nc1. The minimum Gasteiger partial charge on any atom is -0.381 e. The summed E-state index contributed by atoms with van der Waals surface area (Å²) in [5, 5.41) is 3.19. The zero-order valence-corrected chi connectivity index (χ0v) is 8.15. The number of nitrogens with one attached hydrogen (secondary N) is 1. The lowest BCUT2D eigenvalue weighted by molar-refractivity contribution is 0.185.